The SMILES string of the molecule is CC1CCCC1NC(=O)N(CC(=O)O)CC(=O)O. The largest absolute Gasteiger partial charge is 0.480 e. The van der Waals surface area contributed by atoms with Crippen LogP contribution in [0.15, 0.2) is 0 Å². The summed E-state index contributed by atoms with van der Waals surface area (Å²) in [4.78, 5) is 33.8. The minimum atomic E-state index is -1.23. The molecule has 0 saturated heterocycles. The van der Waals surface area contributed by atoms with E-state index in [0.717, 1.165) is 24.2 Å². The van der Waals surface area contributed by atoms with E-state index in [-0.39, 0.29) is 6.04 Å². The van der Waals surface area contributed by atoms with E-state index < -0.39 is 31.1 Å². The molecule has 1 aliphatic carbocycles. The van der Waals surface area contributed by atoms with Crippen molar-refractivity contribution in [1.29, 1.82) is 0 Å². The number of rotatable bonds is 5. The molecule has 7 nitrogen and oxygen atoms in total. The lowest BCUT2D eigenvalue weighted by atomic mass is 10.1. The zero-order valence-corrected chi connectivity index (χ0v) is 10.3. The van der Waals surface area contributed by atoms with Gasteiger partial charge in [0.2, 0.25) is 0 Å². The molecule has 18 heavy (non-hydrogen) atoms. The lowest BCUT2D eigenvalue weighted by Gasteiger charge is -2.24. The van der Waals surface area contributed by atoms with Crippen molar-refractivity contribution in [2.24, 2.45) is 5.92 Å². The van der Waals surface area contributed by atoms with Crippen LogP contribution in [0.4, 0.5) is 4.79 Å². The second-order valence-corrected chi connectivity index (χ2v) is 4.61. The Morgan fingerprint density at radius 2 is 1.72 bits per heavy atom. The van der Waals surface area contributed by atoms with E-state index in [9.17, 15) is 14.4 Å². The van der Waals surface area contributed by atoms with Gasteiger partial charge in [0.25, 0.3) is 0 Å². The topological polar surface area (TPSA) is 107 Å². The van der Waals surface area contributed by atoms with Crippen molar-refractivity contribution in [3.63, 3.8) is 0 Å². The molecule has 3 N–H and O–H groups in total. The third-order valence-corrected chi connectivity index (χ3v) is 3.11. The number of nitrogens with zero attached hydrogens (tertiary/aromatic N) is 1. The van der Waals surface area contributed by atoms with Crippen LogP contribution >= 0.6 is 0 Å². The van der Waals surface area contributed by atoms with Gasteiger partial charge in [-0.25, -0.2) is 4.79 Å². The molecule has 7 heteroatoms. The van der Waals surface area contributed by atoms with Gasteiger partial charge in [-0.3, -0.25) is 9.59 Å². The standard InChI is InChI=1S/C11H18N2O5/c1-7-3-2-4-8(7)12-11(18)13(5-9(14)15)6-10(16)17/h7-8H,2-6H2,1H3,(H,12,18)(H,14,15)(H,16,17). The van der Waals surface area contributed by atoms with Gasteiger partial charge in [0.15, 0.2) is 0 Å². The van der Waals surface area contributed by atoms with Crippen molar-refractivity contribution in [2.45, 2.75) is 32.2 Å². The normalized spacial score (nSPS) is 22.5. The van der Waals surface area contributed by atoms with Crippen molar-refractivity contribution in [2.75, 3.05) is 13.1 Å². The summed E-state index contributed by atoms with van der Waals surface area (Å²) < 4.78 is 0. The number of hydrogen-bond acceptors (Lipinski definition) is 3. The Labute approximate surface area is 105 Å². The first-order valence-corrected chi connectivity index (χ1v) is 5.89. The van der Waals surface area contributed by atoms with Crippen molar-refractivity contribution in [3.8, 4) is 0 Å². The van der Waals surface area contributed by atoms with Gasteiger partial charge < -0.3 is 20.4 Å². The second-order valence-electron chi connectivity index (χ2n) is 4.61. The second kappa shape index (κ2) is 6.23. The minimum absolute atomic E-state index is 0.00240. The lowest BCUT2D eigenvalue weighted by molar-refractivity contribution is -0.140. The van der Waals surface area contributed by atoms with E-state index in [1.807, 2.05) is 6.92 Å². The Morgan fingerprint density at radius 3 is 2.11 bits per heavy atom. The molecule has 2 atom stereocenters. The van der Waals surface area contributed by atoms with E-state index in [4.69, 9.17) is 10.2 Å². The average molecular weight is 258 g/mol. The van der Waals surface area contributed by atoms with Gasteiger partial charge in [0, 0.05) is 6.04 Å². The summed E-state index contributed by atoms with van der Waals surface area (Å²) in [6.45, 7) is 0.787. The van der Waals surface area contributed by atoms with Crippen LogP contribution in [0.2, 0.25) is 0 Å². The molecule has 1 rings (SSSR count). The fourth-order valence-corrected chi connectivity index (χ4v) is 2.14. The average Bonchev–Trinajstić information content (AvgIpc) is 2.62. The Bertz CT molecular complexity index is 328. The number of carbonyl (C=O) groups is 3. The van der Waals surface area contributed by atoms with Crippen LogP contribution < -0.4 is 5.32 Å². The van der Waals surface area contributed by atoms with Gasteiger partial charge in [-0.15, -0.1) is 0 Å². The van der Waals surface area contributed by atoms with Gasteiger partial charge in [0.05, 0.1) is 0 Å². The molecule has 2 unspecified atom stereocenters. The smallest absolute Gasteiger partial charge is 0.323 e. The van der Waals surface area contributed by atoms with Crippen molar-refractivity contribution in [3.05, 3.63) is 0 Å². The molecule has 0 heterocycles. The zero-order valence-electron chi connectivity index (χ0n) is 10.3. The molecule has 0 radical (unpaired) electrons. The number of carboxylic acid groups (broad SMARTS) is 2. The summed E-state index contributed by atoms with van der Waals surface area (Å²) >= 11 is 0. The van der Waals surface area contributed by atoms with Gasteiger partial charge in [-0.05, 0) is 18.8 Å². The van der Waals surface area contributed by atoms with Gasteiger partial charge in [0.1, 0.15) is 13.1 Å². The molecule has 0 aromatic heterocycles. The quantitative estimate of drug-likeness (QED) is 0.659. The van der Waals surface area contributed by atoms with Crippen LogP contribution in [0.3, 0.4) is 0 Å². The highest BCUT2D eigenvalue weighted by molar-refractivity contribution is 5.84. The van der Waals surface area contributed by atoms with Crippen molar-refractivity contribution in [1.82, 2.24) is 10.2 Å². The first-order valence-electron chi connectivity index (χ1n) is 5.89. The monoisotopic (exact) mass is 258 g/mol. The van der Waals surface area contributed by atoms with Crippen molar-refractivity contribution >= 4 is 18.0 Å². The molecule has 1 aliphatic rings. The number of amides is 2. The third kappa shape index (κ3) is 4.23. The van der Waals surface area contributed by atoms with E-state index >= 15 is 0 Å². The number of hydrogen-bond donors (Lipinski definition) is 3. The Kier molecular flexibility index (Phi) is 4.94. The van der Waals surface area contributed by atoms with E-state index in [1.165, 1.54) is 0 Å². The highest BCUT2D eigenvalue weighted by atomic mass is 16.4. The molecule has 0 aromatic rings. The fraction of sp³-hybridized carbons (Fsp3) is 0.727. The lowest BCUT2D eigenvalue weighted by Crippen LogP contribution is -2.49. The summed E-state index contributed by atoms with van der Waals surface area (Å²) in [5.74, 6) is -2.12. The molecule has 0 aliphatic heterocycles. The first-order chi connectivity index (χ1) is 8.40. The fourth-order valence-electron chi connectivity index (χ4n) is 2.14. The highest BCUT2D eigenvalue weighted by Gasteiger charge is 2.28. The Morgan fingerprint density at radius 1 is 1.17 bits per heavy atom. The maximum atomic E-state index is 11.8. The summed E-state index contributed by atoms with van der Waals surface area (Å²) in [5.41, 5.74) is 0. The summed E-state index contributed by atoms with van der Waals surface area (Å²) in [6, 6.07) is -0.624. The third-order valence-electron chi connectivity index (χ3n) is 3.11. The van der Waals surface area contributed by atoms with E-state index in [1.54, 1.807) is 0 Å². The molecule has 2 amide bonds. The summed E-state index contributed by atoms with van der Waals surface area (Å²) in [6.07, 6.45) is 2.88. The molecule has 1 saturated carbocycles. The zero-order chi connectivity index (χ0) is 13.7. The van der Waals surface area contributed by atoms with Gasteiger partial charge in [-0.2, -0.15) is 0 Å². The molecule has 0 spiro atoms. The summed E-state index contributed by atoms with van der Waals surface area (Å²) in [5, 5.41) is 20.0. The number of nitrogens with one attached hydrogen (secondary N) is 1. The number of aliphatic carboxylic acids is 2. The number of carboxylic acids is 2. The summed E-state index contributed by atoms with van der Waals surface area (Å²) in [7, 11) is 0. The van der Waals surface area contributed by atoms with Crippen molar-refractivity contribution < 1.29 is 24.6 Å². The molecule has 0 bridgehead atoms. The Hall–Kier alpha value is -1.79. The van der Waals surface area contributed by atoms with Crippen LogP contribution in [0, 0.1) is 5.92 Å². The van der Waals surface area contributed by atoms with E-state index in [2.05, 4.69) is 5.32 Å². The number of urea groups is 1. The number of carbonyl (C=O) groups excluding carboxylic acids is 1. The van der Waals surface area contributed by atoms with Crippen LogP contribution in [0.25, 0.3) is 0 Å². The first kappa shape index (κ1) is 14.3. The van der Waals surface area contributed by atoms with Crippen LogP contribution in [0.1, 0.15) is 26.2 Å². The van der Waals surface area contributed by atoms with Crippen LogP contribution in [0.5, 0.6) is 0 Å². The molecular formula is C11H18N2O5. The Balaban J connectivity index is 2.57. The predicted octanol–water partition coefficient (Wildman–Crippen LogP) is 0.356. The molecular weight excluding hydrogens is 240 g/mol. The maximum Gasteiger partial charge on any atom is 0.323 e. The highest BCUT2D eigenvalue weighted by Crippen LogP contribution is 2.24. The molecule has 102 valence electrons. The van der Waals surface area contributed by atoms with E-state index in [0.29, 0.717) is 5.92 Å². The predicted molar refractivity (Wildman–Crippen MR) is 62.2 cm³/mol. The van der Waals surface area contributed by atoms with Gasteiger partial charge in [-0.1, -0.05) is 13.3 Å². The molecule has 0 aromatic carbocycles. The molecule has 1 fully saturated rings. The maximum absolute atomic E-state index is 11.8. The van der Waals surface area contributed by atoms with Crippen LogP contribution in [-0.2, 0) is 9.59 Å². The van der Waals surface area contributed by atoms with Crippen LogP contribution in [-0.4, -0.2) is 52.2 Å². The van der Waals surface area contributed by atoms with Gasteiger partial charge >= 0.3 is 18.0 Å². The minimum Gasteiger partial charge on any atom is -0.480 e.